The summed E-state index contributed by atoms with van der Waals surface area (Å²) in [5.41, 5.74) is 7.74. The smallest absolute Gasteiger partial charge is 0.164 e. The molecule has 8 aromatic carbocycles. The average molecular weight is 665 g/mol. The van der Waals surface area contributed by atoms with Crippen molar-refractivity contribution in [2.75, 3.05) is 0 Å². The molecule has 0 saturated heterocycles. The Morgan fingerprint density at radius 3 is 1.79 bits per heavy atom. The number of nitrogens with zero attached hydrogens (tertiary/aromatic N) is 4. The van der Waals surface area contributed by atoms with Gasteiger partial charge in [-0.2, -0.15) is 0 Å². The van der Waals surface area contributed by atoms with Crippen molar-refractivity contribution in [3.8, 4) is 39.9 Å². The van der Waals surface area contributed by atoms with Crippen molar-refractivity contribution < 1.29 is 4.42 Å². The van der Waals surface area contributed by atoms with Gasteiger partial charge in [0, 0.05) is 49.0 Å². The molecule has 0 saturated carbocycles. The van der Waals surface area contributed by atoms with Crippen molar-refractivity contribution >= 4 is 65.3 Å². The summed E-state index contributed by atoms with van der Waals surface area (Å²) in [4.78, 5) is 15.3. The molecule has 5 nitrogen and oxygen atoms in total. The lowest BCUT2D eigenvalue weighted by Crippen LogP contribution is -2.01. The molecular formula is C47H28N4O. The molecule has 52 heavy (non-hydrogen) atoms. The molecule has 0 fully saturated rings. The van der Waals surface area contributed by atoms with E-state index in [0.717, 1.165) is 66.1 Å². The van der Waals surface area contributed by atoms with E-state index in [9.17, 15) is 0 Å². The molecule has 0 N–H and O–H groups in total. The zero-order chi connectivity index (χ0) is 34.2. The summed E-state index contributed by atoms with van der Waals surface area (Å²) < 4.78 is 9.20. The standard InChI is InChI=1S/C47H28N4O/c1-3-15-30(16-4-1)45-48-46(31-17-5-2-6-18-31)50-47(49-45)36-23-13-22-35-40(28-37-33-20-10-12-25-41(33)52-44(37)43(35)36)51-38-24-11-9-21-34(38)42-32-19-8-7-14-29(32)26-27-39(42)51/h1-28H. The van der Waals surface area contributed by atoms with Crippen LogP contribution in [-0.4, -0.2) is 19.5 Å². The van der Waals surface area contributed by atoms with E-state index in [2.05, 4.69) is 102 Å². The zero-order valence-electron chi connectivity index (χ0n) is 27.9. The Morgan fingerprint density at radius 2 is 1.02 bits per heavy atom. The second kappa shape index (κ2) is 11.2. The molecule has 3 aromatic heterocycles. The maximum atomic E-state index is 6.78. The third-order valence-electron chi connectivity index (χ3n) is 10.2. The number of benzene rings is 8. The highest BCUT2D eigenvalue weighted by atomic mass is 16.3. The molecule has 242 valence electrons. The van der Waals surface area contributed by atoms with Gasteiger partial charge in [-0.25, -0.2) is 15.0 Å². The molecule has 0 spiro atoms. The largest absolute Gasteiger partial charge is 0.455 e. The SMILES string of the molecule is c1ccc(-c2nc(-c3ccccc3)nc(-c3cccc4c(-n5c6ccccc6c6c7ccccc7ccc65)cc5c6ccccc6oc5c34)n2)cc1. The summed E-state index contributed by atoms with van der Waals surface area (Å²) in [6.45, 7) is 0. The van der Waals surface area contributed by atoms with E-state index >= 15 is 0 Å². The van der Waals surface area contributed by atoms with E-state index in [0.29, 0.717) is 17.5 Å². The molecule has 0 unspecified atom stereocenters. The lowest BCUT2D eigenvalue weighted by molar-refractivity contribution is 0.672. The molecule has 5 heteroatoms. The molecule has 3 heterocycles. The third kappa shape index (κ3) is 4.26. The normalized spacial score (nSPS) is 11.8. The minimum absolute atomic E-state index is 0.588. The van der Waals surface area contributed by atoms with E-state index in [-0.39, 0.29) is 0 Å². The van der Waals surface area contributed by atoms with E-state index in [1.54, 1.807) is 0 Å². The van der Waals surface area contributed by atoms with Gasteiger partial charge in [0.2, 0.25) is 0 Å². The van der Waals surface area contributed by atoms with Gasteiger partial charge in [-0.1, -0.05) is 146 Å². The molecule has 0 amide bonds. The Morgan fingerprint density at radius 1 is 0.404 bits per heavy atom. The highest BCUT2D eigenvalue weighted by molar-refractivity contribution is 6.24. The minimum atomic E-state index is 0.588. The van der Waals surface area contributed by atoms with Crippen LogP contribution in [0, 0.1) is 0 Å². The van der Waals surface area contributed by atoms with Crippen LogP contribution in [-0.2, 0) is 0 Å². The molecule has 0 radical (unpaired) electrons. The number of aromatic nitrogens is 4. The van der Waals surface area contributed by atoms with Gasteiger partial charge in [-0.3, -0.25) is 0 Å². The minimum Gasteiger partial charge on any atom is -0.455 e. The molecule has 0 aliphatic rings. The fraction of sp³-hybridized carbons (Fsp3) is 0. The predicted octanol–water partition coefficient (Wildman–Crippen LogP) is 12.2. The van der Waals surface area contributed by atoms with Gasteiger partial charge in [0.25, 0.3) is 0 Å². The molecule has 0 aliphatic carbocycles. The number of fused-ring (bicyclic) bond motifs is 10. The maximum absolute atomic E-state index is 6.78. The van der Waals surface area contributed by atoms with Gasteiger partial charge >= 0.3 is 0 Å². The van der Waals surface area contributed by atoms with Crippen LogP contribution in [0.25, 0.3) is 105 Å². The van der Waals surface area contributed by atoms with Crippen molar-refractivity contribution in [3.05, 3.63) is 170 Å². The van der Waals surface area contributed by atoms with Crippen molar-refractivity contribution in [1.82, 2.24) is 19.5 Å². The van der Waals surface area contributed by atoms with Crippen molar-refractivity contribution in [2.24, 2.45) is 0 Å². The molecule has 0 aliphatic heterocycles. The molecule has 11 aromatic rings. The second-order valence-corrected chi connectivity index (χ2v) is 13.2. The number of hydrogen-bond acceptors (Lipinski definition) is 4. The van der Waals surface area contributed by atoms with E-state index in [1.807, 2.05) is 72.8 Å². The van der Waals surface area contributed by atoms with Crippen molar-refractivity contribution in [1.29, 1.82) is 0 Å². The van der Waals surface area contributed by atoms with Crippen LogP contribution in [0.2, 0.25) is 0 Å². The molecule has 0 bridgehead atoms. The Hall–Kier alpha value is -7.11. The van der Waals surface area contributed by atoms with Crippen LogP contribution < -0.4 is 0 Å². The van der Waals surface area contributed by atoms with Crippen LogP contribution in [0.5, 0.6) is 0 Å². The summed E-state index contributed by atoms with van der Waals surface area (Å²) in [6.07, 6.45) is 0. The quantitative estimate of drug-likeness (QED) is 0.188. The summed E-state index contributed by atoms with van der Waals surface area (Å²) in [5, 5.41) is 9.03. The first-order chi connectivity index (χ1) is 25.8. The first-order valence-corrected chi connectivity index (χ1v) is 17.5. The summed E-state index contributed by atoms with van der Waals surface area (Å²) >= 11 is 0. The average Bonchev–Trinajstić information content (AvgIpc) is 3.77. The fourth-order valence-corrected chi connectivity index (χ4v) is 7.92. The van der Waals surface area contributed by atoms with Crippen LogP contribution >= 0.6 is 0 Å². The highest BCUT2D eigenvalue weighted by Gasteiger charge is 2.23. The van der Waals surface area contributed by atoms with E-state index in [4.69, 9.17) is 19.4 Å². The first-order valence-electron chi connectivity index (χ1n) is 17.5. The summed E-state index contributed by atoms with van der Waals surface area (Å²) in [5.74, 6) is 1.82. The second-order valence-electron chi connectivity index (χ2n) is 13.2. The lowest BCUT2D eigenvalue weighted by atomic mass is 9.98. The van der Waals surface area contributed by atoms with Gasteiger partial charge in [0.15, 0.2) is 17.5 Å². The maximum Gasteiger partial charge on any atom is 0.164 e. The first kappa shape index (κ1) is 28.7. The Bertz CT molecular complexity index is 3120. The third-order valence-corrected chi connectivity index (χ3v) is 10.2. The van der Waals surface area contributed by atoms with Gasteiger partial charge in [0.1, 0.15) is 11.2 Å². The van der Waals surface area contributed by atoms with Crippen LogP contribution in [0.15, 0.2) is 174 Å². The highest BCUT2D eigenvalue weighted by Crippen LogP contribution is 2.44. The summed E-state index contributed by atoms with van der Waals surface area (Å²) in [7, 11) is 0. The number of hydrogen-bond donors (Lipinski definition) is 0. The number of para-hydroxylation sites is 2. The number of rotatable bonds is 4. The van der Waals surface area contributed by atoms with Crippen LogP contribution in [0.4, 0.5) is 0 Å². The fourth-order valence-electron chi connectivity index (χ4n) is 7.92. The Labute approximate surface area is 298 Å². The van der Waals surface area contributed by atoms with Gasteiger partial charge in [-0.15, -0.1) is 0 Å². The van der Waals surface area contributed by atoms with Crippen molar-refractivity contribution in [2.45, 2.75) is 0 Å². The van der Waals surface area contributed by atoms with E-state index in [1.165, 1.54) is 21.5 Å². The predicted molar refractivity (Wildman–Crippen MR) is 213 cm³/mol. The summed E-state index contributed by atoms with van der Waals surface area (Å²) in [6, 6.07) is 59.1. The monoisotopic (exact) mass is 664 g/mol. The van der Waals surface area contributed by atoms with Crippen molar-refractivity contribution in [3.63, 3.8) is 0 Å². The Balaban J connectivity index is 1.29. The molecule has 11 rings (SSSR count). The van der Waals surface area contributed by atoms with Gasteiger partial charge in [-0.05, 0) is 35.0 Å². The lowest BCUT2D eigenvalue weighted by Gasteiger charge is -2.15. The number of furan rings is 1. The zero-order valence-corrected chi connectivity index (χ0v) is 27.9. The van der Waals surface area contributed by atoms with Gasteiger partial charge in [0.05, 0.1) is 16.7 Å². The molecular weight excluding hydrogens is 637 g/mol. The van der Waals surface area contributed by atoms with Crippen LogP contribution in [0.3, 0.4) is 0 Å². The Kier molecular flexibility index (Phi) is 6.18. The van der Waals surface area contributed by atoms with E-state index < -0.39 is 0 Å². The topological polar surface area (TPSA) is 56.7 Å². The van der Waals surface area contributed by atoms with Gasteiger partial charge < -0.3 is 8.98 Å². The molecule has 0 atom stereocenters. The van der Waals surface area contributed by atoms with Crippen LogP contribution in [0.1, 0.15) is 0 Å².